The minimum Gasteiger partial charge on any atom is -0.493 e. The van der Waals surface area contributed by atoms with Gasteiger partial charge in [-0.15, -0.1) is 0 Å². The number of methoxy groups -OCH3 is 2. The van der Waals surface area contributed by atoms with E-state index < -0.39 is 17.3 Å². The standard InChI is InChI=1S/C34H43NO5/c1-21(36)18-33(37,24-7-5-4-6-8-24)26-19-31-13-14-34(26,39-3)30-32(31)15-16-35(20-22-9-10-22)27(31)17-23-11-12-25(38-2)29(40-30)28(23)32/h4-8,11-12,21-22,26-27,30,36-37H,9-10,13-20H2,1-3H3/t21?,26-,27-,30?,31?,32?,33?,34?/m1/s1. The van der Waals surface area contributed by atoms with Crippen molar-refractivity contribution in [1.29, 1.82) is 0 Å². The number of nitrogens with zero attached hydrogens (tertiary/aromatic N) is 1. The molecule has 9 rings (SSSR count). The van der Waals surface area contributed by atoms with Crippen molar-refractivity contribution in [3.8, 4) is 11.5 Å². The molecule has 1 saturated heterocycles. The zero-order valence-corrected chi connectivity index (χ0v) is 24.1. The number of hydrogen-bond donors (Lipinski definition) is 2. The van der Waals surface area contributed by atoms with Crippen LogP contribution in [0.1, 0.15) is 68.6 Å². The lowest BCUT2D eigenvalue weighted by atomic mass is 9.33. The number of hydrogen-bond acceptors (Lipinski definition) is 6. The molecule has 5 fully saturated rings. The summed E-state index contributed by atoms with van der Waals surface area (Å²) < 4.78 is 19.8. The lowest BCUT2D eigenvalue weighted by Gasteiger charge is -2.75. The predicted octanol–water partition coefficient (Wildman–Crippen LogP) is 4.58. The van der Waals surface area contributed by atoms with Gasteiger partial charge in [0.25, 0.3) is 0 Å². The Balaban J connectivity index is 1.36. The Morgan fingerprint density at radius 1 is 1.10 bits per heavy atom. The van der Waals surface area contributed by atoms with Crippen molar-refractivity contribution < 1.29 is 24.4 Å². The van der Waals surface area contributed by atoms with Crippen molar-refractivity contribution in [1.82, 2.24) is 4.90 Å². The van der Waals surface area contributed by atoms with Crippen LogP contribution in [0.25, 0.3) is 0 Å². The first-order valence-electron chi connectivity index (χ1n) is 15.4. The van der Waals surface area contributed by atoms with Gasteiger partial charge in [-0.05, 0) is 81.5 Å². The van der Waals surface area contributed by atoms with Crippen LogP contribution in [-0.2, 0) is 22.2 Å². The molecule has 8 atom stereocenters. The molecule has 2 N–H and O–H groups in total. The molecule has 7 aliphatic rings. The highest BCUT2D eigenvalue weighted by Gasteiger charge is 2.82. The van der Waals surface area contributed by atoms with E-state index in [0.717, 1.165) is 61.6 Å². The molecule has 6 nitrogen and oxygen atoms in total. The van der Waals surface area contributed by atoms with E-state index in [4.69, 9.17) is 14.2 Å². The summed E-state index contributed by atoms with van der Waals surface area (Å²) >= 11 is 0. The average Bonchev–Trinajstić information content (AvgIpc) is 3.71. The van der Waals surface area contributed by atoms with Gasteiger partial charge in [0.15, 0.2) is 11.5 Å². The van der Waals surface area contributed by atoms with E-state index in [1.54, 1.807) is 14.0 Å². The highest BCUT2D eigenvalue weighted by atomic mass is 16.6. The third-order valence-corrected chi connectivity index (χ3v) is 12.3. The molecule has 4 saturated carbocycles. The Kier molecular flexibility index (Phi) is 5.41. The average molecular weight is 546 g/mol. The molecule has 5 aliphatic carbocycles. The van der Waals surface area contributed by atoms with E-state index in [-0.39, 0.29) is 29.3 Å². The molecule has 2 aromatic carbocycles. The normalized spacial score (nSPS) is 39.3. The predicted molar refractivity (Wildman–Crippen MR) is 152 cm³/mol. The van der Waals surface area contributed by atoms with Crippen molar-refractivity contribution in [2.24, 2.45) is 17.3 Å². The summed E-state index contributed by atoms with van der Waals surface area (Å²) in [6, 6.07) is 14.8. The molecule has 0 amide bonds. The Morgan fingerprint density at radius 2 is 1.90 bits per heavy atom. The van der Waals surface area contributed by atoms with Crippen molar-refractivity contribution in [3.63, 3.8) is 0 Å². The molecule has 2 aromatic rings. The number of benzene rings is 2. The van der Waals surface area contributed by atoms with Gasteiger partial charge in [0.2, 0.25) is 0 Å². The summed E-state index contributed by atoms with van der Waals surface area (Å²) in [6.07, 6.45) is 6.94. The number of aliphatic hydroxyl groups is 2. The summed E-state index contributed by atoms with van der Waals surface area (Å²) in [6.45, 7) is 4.06. The van der Waals surface area contributed by atoms with E-state index in [1.807, 2.05) is 37.4 Å². The van der Waals surface area contributed by atoms with Gasteiger partial charge in [0.05, 0.1) is 18.8 Å². The first kappa shape index (κ1) is 25.6. The maximum absolute atomic E-state index is 12.9. The summed E-state index contributed by atoms with van der Waals surface area (Å²) in [7, 11) is 3.56. The summed E-state index contributed by atoms with van der Waals surface area (Å²) in [4.78, 5) is 2.82. The molecule has 214 valence electrons. The van der Waals surface area contributed by atoms with E-state index in [1.165, 1.54) is 30.5 Å². The number of rotatable bonds is 8. The summed E-state index contributed by atoms with van der Waals surface area (Å²) in [5.41, 5.74) is 1.50. The largest absolute Gasteiger partial charge is 0.493 e. The van der Waals surface area contributed by atoms with E-state index in [2.05, 4.69) is 17.0 Å². The van der Waals surface area contributed by atoms with E-state index >= 15 is 0 Å². The molecule has 0 aromatic heterocycles. The molecule has 40 heavy (non-hydrogen) atoms. The van der Waals surface area contributed by atoms with Crippen LogP contribution < -0.4 is 9.47 Å². The molecular weight excluding hydrogens is 502 g/mol. The first-order chi connectivity index (χ1) is 19.3. The topological polar surface area (TPSA) is 71.4 Å². The van der Waals surface area contributed by atoms with Crippen LogP contribution in [0, 0.1) is 17.3 Å². The summed E-state index contributed by atoms with van der Waals surface area (Å²) in [5.74, 6) is 2.32. The van der Waals surface area contributed by atoms with Crippen LogP contribution >= 0.6 is 0 Å². The number of likely N-dealkylation sites (tertiary alicyclic amines) is 1. The van der Waals surface area contributed by atoms with Gasteiger partial charge in [0.1, 0.15) is 11.7 Å². The van der Waals surface area contributed by atoms with Gasteiger partial charge >= 0.3 is 0 Å². The lowest BCUT2D eigenvalue weighted by Crippen LogP contribution is -2.82. The van der Waals surface area contributed by atoms with E-state index in [0.29, 0.717) is 6.04 Å². The third-order valence-electron chi connectivity index (χ3n) is 12.3. The Morgan fingerprint density at radius 3 is 2.60 bits per heavy atom. The van der Waals surface area contributed by atoms with Gasteiger partial charge in [0, 0.05) is 48.4 Å². The molecular formula is C34H43NO5. The number of ether oxygens (including phenoxy) is 3. The van der Waals surface area contributed by atoms with Crippen LogP contribution in [0.5, 0.6) is 11.5 Å². The second-order valence-corrected chi connectivity index (χ2v) is 13.9. The lowest BCUT2D eigenvalue weighted by molar-refractivity contribution is -0.308. The van der Waals surface area contributed by atoms with Crippen LogP contribution in [0.4, 0.5) is 0 Å². The quantitative estimate of drug-likeness (QED) is 0.506. The van der Waals surface area contributed by atoms with Crippen molar-refractivity contribution >= 4 is 0 Å². The monoisotopic (exact) mass is 545 g/mol. The fraction of sp³-hybridized carbons (Fsp3) is 0.647. The minimum absolute atomic E-state index is 0.0399. The fourth-order valence-corrected chi connectivity index (χ4v) is 10.7. The fourth-order valence-electron chi connectivity index (χ4n) is 10.7. The molecule has 2 aliphatic heterocycles. The molecule has 2 spiro atoms. The van der Waals surface area contributed by atoms with Crippen LogP contribution in [0.2, 0.25) is 0 Å². The van der Waals surface area contributed by atoms with Crippen molar-refractivity contribution in [2.75, 3.05) is 27.3 Å². The molecule has 4 bridgehead atoms. The molecule has 6 unspecified atom stereocenters. The van der Waals surface area contributed by atoms with Gasteiger partial charge in [-0.25, -0.2) is 0 Å². The molecule has 6 heteroatoms. The van der Waals surface area contributed by atoms with Gasteiger partial charge in [-0.2, -0.15) is 0 Å². The number of aliphatic hydroxyl groups excluding tert-OH is 1. The molecule has 0 radical (unpaired) electrons. The minimum atomic E-state index is -1.25. The van der Waals surface area contributed by atoms with E-state index in [9.17, 15) is 10.2 Å². The maximum atomic E-state index is 12.9. The zero-order chi connectivity index (χ0) is 27.5. The van der Waals surface area contributed by atoms with Gasteiger partial charge in [-0.1, -0.05) is 36.4 Å². The van der Waals surface area contributed by atoms with Crippen LogP contribution in [0.3, 0.4) is 0 Å². The highest BCUT2D eigenvalue weighted by molar-refractivity contribution is 5.64. The van der Waals surface area contributed by atoms with Crippen LogP contribution in [-0.4, -0.2) is 66.3 Å². The summed E-state index contributed by atoms with van der Waals surface area (Å²) in [5, 5.41) is 23.7. The zero-order valence-electron chi connectivity index (χ0n) is 24.1. The number of piperidine rings is 1. The number of fused-ring (bicyclic) bond motifs is 2. The smallest absolute Gasteiger partial charge is 0.165 e. The molecule has 2 heterocycles. The second kappa shape index (κ2) is 8.47. The van der Waals surface area contributed by atoms with Crippen LogP contribution in [0.15, 0.2) is 42.5 Å². The van der Waals surface area contributed by atoms with Crippen molar-refractivity contribution in [2.45, 2.75) is 93.2 Å². The van der Waals surface area contributed by atoms with Gasteiger partial charge < -0.3 is 24.4 Å². The Labute approximate surface area is 237 Å². The SMILES string of the molecule is COc1ccc2c3c1OC1C4(OC)CCC5(C[C@@H]4C(O)(CC(C)O)c4ccccc4)[C@@H](C2)N(CC2CC2)CCC315. The van der Waals surface area contributed by atoms with Gasteiger partial charge in [-0.3, -0.25) is 4.90 Å². The highest BCUT2D eigenvalue weighted by Crippen LogP contribution is 2.78. The van der Waals surface area contributed by atoms with Crippen molar-refractivity contribution in [3.05, 3.63) is 59.2 Å². The maximum Gasteiger partial charge on any atom is 0.165 e. The Hall–Kier alpha value is -2.12. The Bertz CT molecular complexity index is 1330. The first-order valence-corrected chi connectivity index (χ1v) is 15.4. The second-order valence-electron chi connectivity index (χ2n) is 13.9. The third kappa shape index (κ3) is 2.99.